The molecule has 2 N–H and O–H groups in total. The highest BCUT2D eigenvalue weighted by molar-refractivity contribution is 5.97. The topological polar surface area (TPSA) is 58.2 Å². The fraction of sp³-hybridized carbons (Fsp3) is 0.263. The summed E-state index contributed by atoms with van der Waals surface area (Å²) in [6, 6.07) is 9.06. The van der Waals surface area contributed by atoms with Crippen molar-refractivity contribution in [2.24, 2.45) is 0 Å². The molecule has 4 nitrogen and oxygen atoms in total. The molecule has 0 aliphatic carbocycles. The van der Waals surface area contributed by atoms with Crippen LogP contribution in [-0.4, -0.2) is 11.7 Å². The van der Waals surface area contributed by atoms with Crippen molar-refractivity contribution in [3.05, 3.63) is 70.3 Å². The molecule has 0 aromatic heterocycles. The Balaban J connectivity index is 0.00000243. The third-order valence-corrected chi connectivity index (χ3v) is 4.21. The number of ketones is 1. The van der Waals surface area contributed by atoms with E-state index >= 15 is 0 Å². The van der Waals surface area contributed by atoms with Crippen LogP contribution in [0, 0.1) is 11.6 Å². The smallest absolute Gasteiger partial charge is 0.220 e. The molecule has 0 atom stereocenters. The molecule has 1 aliphatic heterocycles. The van der Waals surface area contributed by atoms with Crippen LogP contribution in [0.2, 0.25) is 0 Å². The number of hydrogen-bond acceptors (Lipinski definition) is 3. The number of Topliss-reactive ketones (excluding diaryl/α,β-unsaturated/α-hetero) is 1. The summed E-state index contributed by atoms with van der Waals surface area (Å²) in [4.78, 5) is 23.8. The second-order valence-electron chi connectivity index (χ2n) is 6.04. The highest BCUT2D eigenvalue weighted by Gasteiger charge is 2.13. The Morgan fingerprint density at radius 1 is 0.962 bits per heavy atom. The van der Waals surface area contributed by atoms with E-state index in [1.807, 2.05) is 12.1 Å². The standard InChI is InChI=1S/C19H18F2N2O2.ClH/c20-16-4-3-13(8-17(16)21)18(24)5-6-19(25)23-9-12-1-2-14-10-22-11-15(14)7-12;/h1-4,7-8,22H,5-6,9-11H2,(H,23,25);1H. The minimum atomic E-state index is -1.07. The van der Waals surface area contributed by atoms with Gasteiger partial charge in [-0.05, 0) is 34.9 Å². The van der Waals surface area contributed by atoms with Crippen molar-refractivity contribution < 1.29 is 18.4 Å². The van der Waals surface area contributed by atoms with E-state index in [-0.39, 0.29) is 36.7 Å². The van der Waals surface area contributed by atoms with E-state index in [4.69, 9.17) is 0 Å². The van der Waals surface area contributed by atoms with Crippen LogP contribution in [0.5, 0.6) is 0 Å². The lowest BCUT2D eigenvalue weighted by Crippen LogP contribution is -2.23. The predicted octanol–water partition coefficient (Wildman–Crippen LogP) is 3.27. The molecule has 2 aromatic rings. The number of rotatable bonds is 6. The Morgan fingerprint density at radius 2 is 1.73 bits per heavy atom. The highest BCUT2D eigenvalue weighted by Crippen LogP contribution is 2.17. The van der Waals surface area contributed by atoms with Crippen molar-refractivity contribution in [1.29, 1.82) is 0 Å². The molecular weight excluding hydrogens is 362 g/mol. The summed E-state index contributed by atoms with van der Waals surface area (Å²) in [7, 11) is 0. The maximum atomic E-state index is 13.1. The van der Waals surface area contributed by atoms with Crippen molar-refractivity contribution >= 4 is 24.1 Å². The van der Waals surface area contributed by atoms with E-state index < -0.39 is 17.4 Å². The van der Waals surface area contributed by atoms with Gasteiger partial charge in [0.15, 0.2) is 17.4 Å². The lowest BCUT2D eigenvalue weighted by atomic mass is 10.1. The average molecular weight is 381 g/mol. The summed E-state index contributed by atoms with van der Waals surface area (Å²) in [6.07, 6.45) is -0.0463. The molecule has 1 amide bonds. The number of carbonyl (C=O) groups excluding carboxylic acids is 2. The van der Waals surface area contributed by atoms with Gasteiger partial charge in [0.1, 0.15) is 0 Å². The van der Waals surface area contributed by atoms with Gasteiger partial charge in [0.2, 0.25) is 5.91 Å². The van der Waals surface area contributed by atoms with Crippen molar-refractivity contribution in [1.82, 2.24) is 10.6 Å². The zero-order chi connectivity index (χ0) is 17.8. The van der Waals surface area contributed by atoms with E-state index in [1.165, 1.54) is 17.2 Å². The maximum absolute atomic E-state index is 13.1. The quantitative estimate of drug-likeness (QED) is 0.756. The first-order valence-electron chi connectivity index (χ1n) is 8.09. The van der Waals surface area contributed by atoms with Gasteiger partial charge in [-0.3, -0.25) is 9.59 Å². The first-order chi connectivity index (χ1) is 12.0. The Hall–Kier alpha value is -2.31. The van der Waals surface area contributed by atoms with E-state index in [0.29, 0.717) is 6.54 Å². The second-order valence-corrected chi connectivity index (χ2v) is 6.04. The SMILES string of the molecule is Cl.O=C(CCC(=O)c1ccc(F)c(F)c1)NCc1ccc2c(c1)CNC2. The van der Waals surface area contributed by atoms with Gasteiger partial charge in [0, 0.05) is 38.0 Å². The Bertz CT molecular complexity index is 827. The van der Waals surface area contributed by atoms with Crippen LogP contribution in [0.3, 0.4) is 0 Å². The van der Waals surface area contributed by atoms with E-state index in [1.54, 1.807) is 0 Å². The molecule has 0 spiro atoms. The largest absolute Gasteiger partial charge is 0.352 e. The maximum Gasteiger partial charge on any atom is 0.220 e. The van der Waals surface area contributed by atoms with Crippen LogP contribution < -0.4 is 10.6 Å². The molecule has 2 aromatic carbocycles. The summed E-state index contributed by atoms with van der Waals surface area (Å²) < 4.78 is 26.0. The Labute approximate surface area is 156 Å². The van der Waals surface area contributed by atoms with Crippen molar-refractivity contribution in [3.63, 3.8) is 0 Å². The van der Waals surface area contributed by atoms with Gasteiger partial charge in [-0.25, -0.2) is 8.78 Å². The Kier molecular flexibility index (Phi) is 6.83. The lowest BCUT2D eigenvalue weighted by molar-refractivity contribution is -0.121. The molecule has 7 heteroatoms. The highest BCUT2D eigenvalue weighted by atomic mass is 35.5. The number of amides is 1. The first-order valence-corrected chi connectivity index (χ1v) is 8.09. The molecule has 26 heavy (non-hydrogen) atoms. The van der Waals surface area contributed by atoms with Gasteiger partial charge < -0.3 is 10.6 Å². The lowest BCUT2D eigenvalue weighted by Gasteiger charge is -2.07. The van der Waals surface area contributed by atoms with Gasteiger partial charge >= 0.3 is 0 Å². The zero-order valence-electron chi connectivity index (χ0n) is 14.0. The summed E-state index contributed by atoms with van der Waals surface area (Å²) in [5.41, 5.74) is 3.58. The second kappa shape index (κ2) is 8.87. The normalized spacial score (nSPS) is 12.2. The molecule has 3 rings (SSSR count). The number of fused-ring (bicyclic) bond motifs is 1. The van der Waals surface area contributed by atoms with Gasteiger partial charge in [-0.2, -0.15) is 0 Å². The van der Waals surface area contributed by atoms with Gasteiger partial charge in [0.05, 0.1) is 0 Å². The molecule has 0 radical (unpaired) electrons. The third kappa shape index (κ3) is 4.86. The average Bonchev–Trinajstić information content (AvgIpc) is 3.08. The van der Waals surface area contributed by atoms with Crippen LogP contribution in [0.15, 0.2) is 36.4 Å². The molecule has 0 fully saturated rings. The van der Waals surface area contributed by atoms with Crippen LogP contribution in [0.1, 0.15) is 39.9 Å². The number of hydrogen-bond donors (Lipinski definition) is 2. The van der Waals surface area contributed by atoms with Crippen molar-refractivity contribution in [2.45, 2.75) is 32.5 Å². The molecule has 1 heterocycles. The number of carbonyl (C=O) groups is 2. The molecule has 0 bridgehead atoms. The van der Waals surface area contributed by atoms with E-state index in [2.05, 4.69) is 16.7 Å². The summed E-state index contributed by atoms with van der Waals surface area (Å²) in [5, 5.41) is 6.03. The van der Waals surface area contributed by atoms with Crippen LogP contribution >= 0.6 is 12.4 Å². The van der Waals surface area contributed by atoms with Crippen molar-refractivity contribution in [2.75, 3.05) is 0 Å². The number of nitrogens with one attached hydrogen (secondary N) is 2. The monoisotopic (exact) mass is 380 g/mol. The van der Waals surface area contributed by atoms with Gasteiger partial charge in [-0.15, -0.1) is 12.4 Å². The van der Waals surface area contributed by atoms with Gasteiger partial charge in [0.25, 0.3) is 0 Å². The Morgan fingerprint density at radius 3 is 2.50 bits per heavy atom. The fourth-order valence-corrected chi connectivity index (χ4v) is 2.79. The van der Waals surface area contributed by atoms with Crippen LogP contribution in [-0.2, 0) is 24.4 Å². The molecule has 0 unspecified atom stereocenters. The third-order valence-electron chi connectivity index (χ3n) is 4.21. The number of benzene rings is 2. The van der Waals surface area contributed by atoms with Crippen molar-refractivity contribution in [3.8, 4) is 0 Å². The van der Waals surface area contributed by atoms with Crippen LogP contribution in [0.25, 0.3) is 0 Å². The minimum Gasteiger partial charge on any atom is -0.352 e. The molecule has 0 saturated heterocycles. The fourth-order valence-electron chi connectivity index (χ4n) is 2.79. The summed E-state index contributed by atoms with van der Waals surface area (Å²) in [5.74, 6) is -2.72. The molecular formula is C19H19ClF2N2O2. The molecule has 138 valence electrons. The first kappa shape index (κ1) is 20.0. The minimum absolute atomic E-state index is 0. The summed E-state index contributed by atoms with van der Waals surface area (Å²) >= 11 is 0. The van der Waals surface area contributed by atoms with Gasteiger partial charge in [-0.1, -0.05) is 18.2 Å². The van der Waals surface area contributed by atoms with Crippen LogP contribution in [0.4, 0.5) is 8.78 Å². The molecule has 0 saturated carbocycles. The zero-order valence-corrected chi connectivity index (χ0v) is 14.8. The predicted molar refractivity (Wildman–Crippen MR) is 96.0 cm³/mol. The number of halogens is 3. The molecule has 1 aliphatic rings. The van der Waals surface area contributed by atoms with E-state index in [0.717, 1.165) is 30.8 Å². The van der Waals surface area contributed by atoms with E-state index in [9.17, 15) is 18.4 Å². The summed E-state index contributed by atoms with van der Waals surface area (Å²) in [6.45, 7) is 2.10.